The summed E-state index contributed by atoms with van der Waals surface area (Å²) in [4.78, 5) is 18.4. The molecular weight excluding hydrogens is 437 g/mol. The molecule has 1 saturated heterocycles. The molecule has 178 valence electrons. The maximum atomic E-state index is 13.5. The minimum atomic E-state index is -0.909. The van der Waals surface area contributed by atoms with Gasteiger partial charge in [-0.1, -0.05) is 24.9 Å². The van der Waals surface area contributed by atoms with Gasteiger partial charge in [0.2, 0.25) is 5.91 Å². The van der Waals surface area contributed by atoms with Gasteiger partial charge in [-0.2, -0.15) is 5.48 Å². The summed E-state index contributed by atoms with van der Waals surface area (Å²) in [5, 5.41) is 16.7. The molecule has 0 spiro atoms. The Balaban J connectivity index is 1.21. The molecule has 1 aliphatic heterocycles. The van der Waals surface area contributed by atoms with Crippen molar-refractivity contribution in [2.45, 2.75) is 69.9 Å². The molecule has 4 fully saturated rings. The number of hydrogen-bond acceptors (Lipinski definition) is 6. The summed E-state index contributed by atoms with van der Waals surface area (Å²) in [6.45, 7) is 2.65. The van der Waals surface area contributed by atoms with Gasteiger partial charge in [0, 0.05) is 30.6 Å². The van der Waals surface area contributed by atoms with E-state index in [1.165, 1.54) is 12.1 Å². The molecule has 4 aliphatic rings. The highest BCUT2D eigenvalue weighted by Crippen LogP contribution is 2.49. The number of hydroxylamine groups is 1. The number of amides is 1. The van der Waals surface area contributed by atoms with Crippen molar-refractivity contribution < 1.29 is 23.9 Å². The van der Waals surface area contributed by atoms with Crippen LogP contribution in [0.4, 0.5) is 4.39 Å². The van der Waals surface area contributed by atoms with Crippen molar-refractivity contribution in [2.24, 2.45) is 17.8 Å². The molecule has 5 atom stereocenters. The second-order valence-electron chi connectivity index (χ2n) is 9.33. The van der Waals surface area contributed by atoms with Crippen molar-refractivity contribution in [3.05, 3.63) is 29.0 Å². The van der Waals surface area contributed by atoms with Crippen molar-refractivity contribution in [1.82, 2.24) is 16.1 Å². The molecule has 1 aromatic rings. The van der Waals surface area contributed by atoms with Crippen LogP contribution in [0.25, 0.3) is 0 Å². The summed E-state index contributed by atoms with van der Waals surface area (Å²) in [6, 6.07) is 4.59. The maximum absolute atomic E-state index is 13.5. The fourth-order valence-corrected chi connectivity index (χ4v) is 5.31. The lowest BCUT2D eigenvalue weighted by atomic mass is 9.57. The van der Waals surface area contributed by atoms with E-state index in [4.69, 9.17) is 21.2 Å². The molecule has 32 heavy (non-hydrogen) atoms. The van der Waals surface area contributed by atoms with E-state index in [2.05, 4.69) is 23.0 Å². The average molecular weight is 470 g/mol. The Bertz CT molecular complexity index is 795. The molecule has 0 radical (unpaired) electrons. The number of rotatable bonds is 10. The molecule has 0 aromatic heterocycles. The van der Waals surface area contributed by atoms with Crippen LogP contribution in [0.5, 0.6) is 5.75 Å². The number of aliphatic hydroxyl groups excluding tert-OH is 1. The predicted molar refractivity (Wildman–Crippen MR) is 118 cm³/mol. The standard InChI is InChI=1S/C23H33ClFN3O4/c1-2-3-15-8-17(32-28-15)11-26-23(30)18-10-21(14-6-13(18)7-14)27-22(29)12-31-16-4-5-19(24)20(25)9-16/h4-5,9,13-15,17-18,21-22,27-29H,2-3,6-8,10-12H2,1H3,(H,26,30)/t13?,14?,15?,17?,18-,21?,22?/m1/s1. The SMILES string of the molecule is CCCC1CC(CNC(=O)[C@@H]2CC(NC(O)COc3ccc(Cl)c(F)c3)C3CC2C3)ON1. The zero-order chi connectivity index (χ0) is 22.7. The van der Waals surface area contributed by atoms with Crippen LogP contribution in [-0.4, -0.2) is 48.6 Å². The second-order valence-corrected chi connectivity index (χ2v) is 9.74. The zero-order valence-electron chi connectivity index (χ0n) is 18.4. The Morgan fingerprint density at radius 1 is 1.34 bits per heavy atom. The largest absolute Gasteiger partial charge is 0.489 e. The fraction of sp³-hybridized carbons (Fsp3) is 0.696. The molecule has 3 aliphatic carbocycles. The number of halogens is 2. The summed E-state index contributed by atoms with van der Waals surface area (Å²) in [5.41, 5.74) is 3.06. The summed E-state index contributed by atoms with van der Waals surface area (Å²) in [7, 11) is 0. The molecule has 5 rings (SSSR count). The highest BCUT2D eigenvalue weighted by molar-refractivity contribution is 6.30. The number of carbonyl (C=O) groups is 1. The molecule has 3 saturated carbocycles. The first-order valence-electron chi connectivity index (χ1n) is 11.6. The Morgan fingerprint density at radius 3 is 2.91 bits per heavy atom. The van der Waals surface area contributed by atoms with E-state index < -0.39 is 12.0 Å². The number of ether oxygens (including phenoxy) is 1. The molecule has 1 heterocycles. The Morgan fingerprint density at radius 2 is 2.16 bits per heavy atom. The number of aliphatic hydroxyl groups is 1. The molecule has 1 amide bonds. The zero-order valence-corrected chi connectivity index (χ0v) is 19.1. The minimum absolute atomic E-state index is 0.0128. The van der Waals surface area contributed by atoms with Crippen LogP contribution < -0.4 is 20.9 Å². The third-order valence-corrected chi connectivity index (χ3v) is 7.30. The van der Waals surface area contributed by atoms with Gasteiger partial charge in [-0.3, -0.25) is 14.9 Å². The summed E-state index contributed by atoms with van der Waals surface area (Å²) in [6.07, 6.45) is 4.87. The van der Waals surface area contributed by atoms with Gasteiger partial charge in [0.25, 0.3) is 0 Å². The van der Waals surface area contributed by atoms with Crippen LogP contribution in [0.2, 0.25) is 5.02 Å². The predicted octanol–water partition coefficient (Wildman–Crippen LogP) is 2.76. The van der Waals surface area contributed by atoms with E-state index in [1.807, 2.05) is 0 Å². The molecule has 4 N–H and O–H groups in total. The van der Waals surface area contributed by atoms with Crippen LogP contribution in [0, 0.1) is 23.6 Å². The molecule has 1 aromatic carbocycles. The van der Waals surface area contributed by atoms with Crippen molar-refractivity contribution >= 4 is 17.5 Å². The Labute approximate surface area is 193 Å². The summed E-state index contributed by atoms with van der Waals surface area (Å²) < 4.78 is 19.0. The summed E-state index contributed by atoms with van der Waals surface area (Å²) >= 11 is 5.68. The molecule has 9 heteroatoms. The second kappa shape index (κ2) is 10.7. The molecular formula is C23H33ClFN3O4. The third-order valence-electron chi connectivity index (χ3n) is 6.99. The van der Waals surface area contributed by atoms with Gasteiger partial charge < -0.3 is 15.2 Å². The number of carbonyl (C=O) groups excluding carboxylic acids is 1. The van der Waals surface area contributed by atoms with E-state index >= 15 is 0 Å². The van der Waals surface area contributed by atoms with E-state index in [0.717, 1.165) is 32.1 Å². The van der Waals surface area contributed by atoms with Gasteiger partial charge in [-0.15, -0.1) is 0 Å². The lowest BCUT2D eigenvalue weighted by molar-refractivity contribution is -0.134. The van der Waals surface area contributed by atoms with Crippen LogP contribution >= 0.6 is 11.6 Å². The van der Waals surface area contributed by atoms with Crippen LogP contribution in [0.1, 0.15) is 45.4 Å². The first kappa shape index (κ1) is 23.7. The smallest absolute Gasteiger partial charge is 0.223 e. The van der Waals surface area contributed by atoms with E-state index in [9.17, 15) is 14.3 Å². The first-order valence-corrected chi connectivity index (χ1v) is 12.0. The average Bonchev–Trinajstić information content (AvgIpc) is 3.19. The monoisotopic (exact) mass is 469 g/mol. The molecule has 2 bridgehead atoms. The van der Waals surface area contributed by atoms with Crippen molar-refractivity contribution in [3.63, 3.8) is 0 Å². The number of nitrogens with one attached hydrogen (secondary N) is 3. The van der Waals surface area contributed by atoms with Crippen molar-refractivity contribution in [2.75, 3.05) is 13.2 Å². The molecule has 4 unspecified atom stereocenters. The van der Waals surface area contributed by atoms with E-state index in [1.54, 1.807) is 6.07 Å². The Kier molecular flexibility index (Phi) is 7.89. The van der Waals surface area contributed by atoms with Crippen LogP contribution in [0.15, 0.2) is 18.2 Å². The number of fused-ring (bicyclic) bond motifs is 2. The highest BCUT2D eigenvalue weighted by Gasteiger charge is 2.48. The van der Waals surface area contributed by atoms with Crippen molar-refractivity contribution in [1.29, 1.82) is 0 Å². The van der Waals surface area contributed by atoms with Crippen molar-refractivity contribution in [3.8, 4) is 5.75 Å². The highest BCUT2D eigenvalue weighted by atomic mass is 35.5. The number of benzene rings is 1. The van der Waals surface area contributed by atoms with Gasteiger partial charge in [-0.05, 0) is 56.1 Å². The van der Waals surface area contributed by atoms with Crippen LogP contribution in [0.3, 0.4) is 0 Å². The fourth-order valence-electron chi connectivity index (χ4n) is 5.19. The number of hydrogen-bond donors (Lipinski definition) is 4. The first-order chi connectivity index (χ1) is 15.4. The van der Waals surface area contributed by atoms with Gasteiger partial charge in [0.15, 0.2) is 0 Å². The third kappa shape index (κ3) is 5.72. The lowest BCUT2D eigenvalue weighted by Crippen LogP contribution is -2.58. The quantitative estimate of drug-likeness (QED) is 0.394. The van der Waals surface area contributed by atoms with Gasteiger partial charge in [0.1, 0.15) is 24.4 Å². The lowest BCUT2D eigenvalue weighted by Gasteiger charge is -2.51. The summed E-state index contributed by atoms with van der Waals surface area (Å²) in [5.74, 6) is 0.638. The minimum Gasteiger partial charge on any atom is -0.489 e. The van der Waals surface area contributed by atoms with Gasteiger partial charge in [-0.25, -0.2) is 4.39 Å². The Hall–Kier alpha value is -1.45. The van der Waals surface area contributed by atoms with Gasteiger partial charge >= 0.3 is 0 Å². The topological polar surface area (TPSA) is 91.9 Å². The van der Waals surface area contributed by atoms with Gasteiger partial charge in [0.05, 0.1) is 11.1 Å². The molecule has 7 nitrogen and oxygen atoms in total. The van der Waals surface area contributed by atoms with E-state index in [0.29, 0.717) is 36.6 Å². The van der Waals surface area contributed by atoms with E-state index in [-0.39, 0.29) is 35.6 Å². The normalized spacial score (nSPS) is 32.2. The van der Waals surface area contributed by atoms with Crippen LogP contribution in [-0.2, 0) is 9.63 Å². The maximum Gasteiger partial charge on any atom is 0.223 e.